The second-order valence-electron chi connectivity index (χ2n) is 5.89. The Balaban J connectivity index is 1.60. The lowest BCUT2D eigenvalue weighted by molar-refractivity contribution is -0.127. The van der Waals surface area contributed by atoms with E-state index >= 15 is 0 Å². The first-order valence-electron chi connectivity index (χ1n) is 7.25. The van der Waals surface area contributed by atoms with Gasteiger partial charge in [-0.3, -0.25) is 4.79 Å². The molecule has 2 heterocycles. The van der Waals surface area contributed by atoms with Gasteiger partial charge >= 0.3 is 0 Å². The van der Waals surface area contributed by atoms with E-state index < -0.39 is 10.0 Å². The summed E-state index contributed by atoms with van der Waals surface area (Å²) in [6.45, 7) is 1.08. The number of aromatic amines is 1. The van der Waals surface area contributed by atoms with Gasteiger partial charge in [-0.2, -0.15) is 0 Å². The van der Waals surface area contributed by atoms with Gasteiger partial charge in [0, 0.05) is 37.1 Å². The SMILES string of the molecule is NS(=O)(=O)CC1CC(=O)N(CCc2ccc3cc[nH]c3c2)C1. The average molecular weight is 321 g/mol. The topological polar surface area (TPSA) is 96.3 Å². The lowest BCUT2D eigenvalue weighted by Crippen LogP contribution is -2.29. The van der Waals surface area contributed by atoms with Gasteiger partial charge in [-0.05, 0) is 29.5 Å². The van der Waals surface area contributed by atoms with E-state index in [9.17, 15) is 13.2 Å². The van der Waals surface area contributed by atoms with Gasteiger partial charge in [0.2, 0.25) is 15.9 Å². The van der Waals surface area contributed by atoms with Gasteiger partial charge in [0.05, 0.1) is 5.75 Å². The number of nitrogens with zero attached hydrogens (tertiary/aromatic N) is 1. The molecule has 2 aromatic rings. The summed E-state index contributed by atoms with van der Waals surface area (Å²) in [7, 11) is -3.52. The lowest BCUT2D eigenvalue weighted by Gasteiger charge is -2.16. The molecule has 1 aromatic heterocycles. The Bertz CT molecular complexity index is 797. The molecule has 3 rings (SSSR count). The molecule has 22 heavy (non-hydrogen) atoms. The molecular weight excluding hydrogens is 302 g/mol. The third-order valence-electron chi connectivity index (χ3n) is 4.05. The van der Waals surface area contributed by atoms with Crippen molar-refractivity contribution in [2.75, 3.05) is 18.8 Å². The molecule has 0 saturated carbocycles. The molecule has 1 aromatic carbocycles. The summed E-state index contributed by atoms with van der Waals surface area (Å²) >= 11 is 0. The zero-order chi connectivity index (χ0) is 15.7. The second-order valence-corrected chi connectivity index (χ2v) is 7.55. The summed E-state index contributed by atoms with van der Waals surface area (Å²) in [5.74, 6) is -0.299. The molecule has 1 atom stereocenters. The van der Waals surface area contributed by atoms with Gasteiger partial charge in [0.15, 0.2) is 0 Å². The van der Waals surface area contributed by atoms with Crippen LogP contribution in [-0.4, -0.2) is 43.1 Å². The van der Waals surface area contributed by atoms with Crippen LogP contribution in [-0.2, 0) is 21.2 Å². The molecule has 1 aliphatic rings. The lowest BCUT2D eigenvalue weighted by atomic mass is 10.1. The Morgan fingerprint density at radius 1 is 1.32 bits per heavy atom. The minimum absolute atomic E-state index is 0.00889. The number of fused-ring (bicyclic) bond motifs is 1. The van der Waals surface area contributed by atoms with Crippen molar-refractivity contribution in [3.05, 3.63) is 36.0 Å². The number of hydrogen-bond acceptors (Lipinski definition) is 3. The van der Waals surface area contributed by atoms with E-state index in [0.717, 1.165) is 22.9 Å². The van der Waals surface area contributed by atoms with E-state index in [0.29, 0.717) is 13.1 Å². The molecular formula is C15H19N3O3S. The van der Waals surface area contributed by atoms with Crippen molar-refractivity contribution in [3.63, 3.8) is 0 Å². The predicted molar refractivity (Wildman–Crippen MR) is 84.7 cm³/mol. The van der Waals surface area contributed by atoms with Crippen LogP contribution in [0, 0.1) is 5.92 Å². The number of likely N-dealkylation sites (tertiary alicyclic amines) is 1. The third kappa shape index (κ3) is 3.48. The molecule has 1 unspecified atom stereocenters. The number of primary sulfonamides is 1. The standard InChI is InChI=1S/C15H19N3O3S/c16-22(20,21)10-12-8-15(19)18(9-12)6-4-11-1-2-13-3-5-17-14(13)7-11/h1-3,5,7,12,17H,4,6,8-10H2,(H2,16,20,21). The van der Waals surface area contributed by atoms with Crippen LogP contribution in [0.25, 0.3) is 10.9 Å². The fourth-order valence-corrected chi connectivity index (χ4v) is 3.91. The maximum absolute atomic E-state index is 11.9. The molecule has 0 bridgehead atoms. The largest absolute Gasteiger partial charge is 0.361 e. The minimum atomic E-state index is -3.52. The molecule has 0 radical (unpaired) electrons. The first-order valence-corrected chi connectivity index (χ1v) is 8.96. The van der Waals surface area contributed by atoms with Crippen LogP contribution in [0.5, 0.6) is 0 Å². The molecule has 1 saturated heterocycles. The number of hydrogen-bond donors (Lipinski definition) is 2. The second kappa shape index (κ2) is 5.73. The fourth-order valence-electron chi connectivity index (χ4n) is 3.02. The maximum atomic E-state index is 11.9. The van der Waals surface area contributed by atoms with Gasteiger partial charge < -0.3 is 9.88 Å². The Morgan fingerprint density at radius 2 is 2.14 bits per heavy atom. The van der Waals surface area contributed by atoms with E-state index in [1.807, 2.05) is 12.3 Å². The van der Waals surface area contributed by atoms with Crippen LogP contribution >= 0.6 is 0 Å². The highest BCUT2D eigenvalue weighted by Gasteiger charge is 2.31. The van der Waals surface area contributed by atoms with E-state index in [2.05, 4.69) is 23.2 Å². The number of nitrogens with one attached hydrogen (secondary N) is 1. The van der Waals surface area contributed by atoms with Crippen LogP contribution < -0.4 is 5.14 Å². The highest BCUT2D eigenvalue weighted by molar-refractivity contribution is 7.89. The number of H-pyrrole nitrogens is 1. The molecule has 3 N–H and O–H groups in total. The highest BCUT2D eigenvalue weighted by Crippen LogP contribution is 2.20. The van der Waals surface area contributed by atoms with Crippen molar-refractivity contribution in [1.82, 2.24) is 9.88 Å². The van der Waals surface area contributed by atoms with Crippen molar-refractivity contribution in [1.29, 1.82) is 0 Å². The van der Waals surface area contributed by atoms with Crippen molar-refractivity contribution in [2.24, 2.45) is 11.1 Å². The Morgan fingerprint density at radius 3 is 2.91 bits per heavy atom. The Labute approximate surface area is 129 Å². The monoisotopic (exact) mass is 321 g/mol. The van der Waals surface area contributed by atoms with Crippen molar-refractivity contribution in [2.45, 2.75) is 12.8 Å². The molecule has 1 fully saturated rings. The van der Waals surface area contributed by atoms with E-state index in [1.165, 1.54) is 0 Å². The normalized spacial score (nSPS) is 19.2. The highest BCUT2D eigenvalue weighted by atomic mass is 32.2. The van der Waals surface area contributed by atoms with Crippen LogP contribution in [0.4, 0.5) is 0 Å². The first kappa shape index (κ1) is 15.1. The molecule has 0 aliphatic carbocycles. The van der Waals surface area contributed by atoms with Crippen LogP contribution in [0.15, 0.2) is 30.5 Å². The summed E-state index contributed by atoms with van der Waals surface area (Å²) in [6.07, 6.45) is 2.92. The molecule has 7 heteroatoms. The van der Waals surface area contributed by atoms with E-state index in [4.69, 9.17) is 5.14 Å². The van der Waals surface area contributed by atoms with Gasteiger partial charge in [-0.15, -0.1) is 0 Å². The predicted octanol–water partition coefficient (Wildman–Crippen LogP) is 0.847. The number of rotatable bonds is 5. The van der Waals surface area contributed by atoms with Gasteiger partial charge in [-0.25, -0.2) is 13.6 Å². The Kier molecular flexibility index (Phi) is 3.92. The molecule has 6 nitrogen and oxygen atoms in total. The minimum Gasteiger partial charge on any atom is -0.361 e. The Hall–Kier alpha value is -1.86. The average Bonchev–Trinajstić information content (AvgIpc) is 3.00. The van der Waals surface area contributed by atoms with Crippen molar-refractivity contribution in [3.8, 4) is 0 Å². The number of benzene rings is 1. The number of sulfonamides is 1. The molecule has 1 amide bonds. The first-order chi connectivity index (χ1) is 10.4. The maximum Gasteiger partial charge on any atom is 0.222 e. The van der Waals surface area contributed by atoms with Crippen LogP contribution in [0.2, 0.25) is 0 Å². The van der Waals surface area contributed by atoms with Gasteiger partial charge in [-0.1, -0.05) is 12.1 Å². The van der Waals surface area contributed by atoms with E-state index in [-0.39, 0.29) is 24.0 Å². The number of aromatic nitrogens is 1. The smallest absolute Gasteiger partial charge is 0.222 e. The number of amides is 1. The third-order valence-corrected chi connectivity index (χ3v) is 4.99. The summed E-state index contributed by atoms with van der Waals surface area (Å²) < 4.78 is 22.2. The zero-order valence-electron chi connectivity index (χ0n) is 12.2. The molecule has 1 aliphatic heterocycles. The molecule has 118 valence electrons. The van der Waals surface area contributed by atoms with Gasteiger partial charge in [0.1, 0.15) is 0 Å². The summed E-state index contributed by atoms with van der Waals surface area (Å²) in [5, 5.41) is 6.21. The quantitative estimate of drug-likeness (QED) is 0.854. The van der Waals surface area contributed by atoms with Crippen molar-refractivity contribution < 1.29 is 13.2 Å². The molecule has 0 spiro atoms. The summed E-state index contributed by atoms with van der Waals surface area (Å²) in [5.41, 5.74) is 2.23. The van der Waals surface area contributed by atoms with Gasteiger partial charge in [0.25, 0.3) is 0 Å². The summed E-state index contributed by atoms with van der Waals surface area (Å²) in [4.78, 5) is 16.8. The fraction of sp³-hybridized carbons (Fsp3) is 0.400. The van der Waals surface area contributed by atoms with Crippen molar-refractivity contribution >= 4 is 26.8 Å². The zero-order valence-corrected chi connectivity index (χ0v) is 13.0. The van der Waals surface area contributed by atoms with E-state index in [1.54, 1.807) is 4.90 Å². The van der Waals surface area contributed by atoms with Crippen LogP contribution in [0.1, 0.15) is 12.0 Å². The number of nitrogens with two attached hydrogens (primary N) is 1. The summed E-state index contributed by atoms with van der Waals surface area (Å²) in [6, 6.07) is 8.20. The number of carbonyl (C=O) groups is 1. The number of carbonyl (C=O) groups excluding carboxylic acids is 1. The van der Waals surface area contributed by atoms with Crippen LogP contribution in [0.3, 0.4) is 0 Å².